The van der Waals surface area contributed by atoms with E-state index in [1.165, 1.54) is 6.08 Å². The quantitative estimate of drug-likeness (QED) is 0.871. The van der Waals surface area contributed by atoms with Gasteiger partial charge in [-0.25, -0.2) is 4.79 Å². The van der Waals surface area contributed by atoms with E-state index in [9.17, 15) is 14.4 Å². The van der Waals surface area contributed by atoms with Gasteiger partial charge >= 0.3 is 5.97 Å². The van der Waals surface area contributed by atoms with Gasteiger partial charge in [-0.1, -0.05) is 38.1 Å². The first kappa shape index (κ1) is 14.0. The first-order chi connectivity index (χ1) is 9.41. The minimum absolute atomic E-state index is 0.0369. The van der Waals surface area contributed by atoms with Crippen LogP contribution in [0.15, 0.2) is 36.0 Å². The normalized spacial score (nSPS) is 15.7. The monoisotopic (exact) mass is 273 g/mol. The van der Waals surface area contributed by atoms with Crippen molar-refractivity contribution >= 4 is 17.5 Å². The molecule has 1 aromatic carbocycles. The van der Waals surface area contributed by atoms with E-state index in [1.54, 1.807) is 38.1 Å². The van der Waals surface area contributed by atoms with Crippen LogP contribution in [-0.4, -0.2) is 28.7 Å². The number of carboxylic acid groups (broad SMARTS) is 1. The molecule has 1 aliphatic rings. The highest BCUT2D eigenvalue weighted by molar-refractivity contribution is 6.24. The minimum atomic E-state index is -1.06. The Morgan fingerprint density at radius 3 is 2.30 bits per heavy atom. The molecule has 104 valence electrons. The van der Waals surface area contributed by atoms with Crippen LogP contribution in [0.4, 0.5) is 0 Å². The number of carbonyl (C=O) groups excluding carboxylic acids is 2. The Kier molecular flexibility index (Phi) is 3.70. The molecule has 1 aromatic rings. The van der Waals surface area contributed by atoms with Crippen LogP contribution < -0.4 is 5.32 Å². The number of carboxylic acids is 1. The summed E-state index contributed by atoms with van der Waals surface area (Å²) in [6, 6.07) is 5.59. The van der Waals surface area contributed by atoms with Gasteiger partial charge in [0.05, 0.1) is 5.70 Å². The molecule has 5 nitrogen and oxygen atoms in total. The van der Waals surface area contributed by atoms with Crippen molar-refractivity contribution < 1.29 is 19.5 Å². The van der Waals surface area contributed by atoms with Crippen molar-refractivity contribution in [2.75, 3.05) is 0 Å². The number of carbonyl (C=O) groups is 3. The smallest absolute Gasteiger partial charge is 0.326 e. The summed E-state index contributed by atoms with van der Waals surface area (Å²) in [6.45, 7) is 3.46. The number of allylic oxidation sites excluding steroid dienone is 2. The Morgan fingerprint density at radius 2 is 1.75 bits per heavy atom. The van der Waals surface area contributed by atoms with E-state index in [0.29, 0.717) is 11.1 Å². The molecule has 2 N–H and O–H groups in total. The van der Waals surface area contributed by atoms with Crippen LogP contribution in [0.5, 0.6) is 0 Å². The van der Waals surface area contributed by atoms with E-state index in [0.717, 1.165) is 0 Å². The summed E-state index contributed by atoms with van der Waals surface area (Å²) < 4.78 is 0. The topological polar surface area (TPSA) is 83.5 Å². The fraction of sp³-hybridized carbons (Fsp3) is 0.267. The van der Waals surface area contributed by atoms with Crippen LogP contribution in [0.2, 0.25) is 0 Å². The molecule has 0 unspecified atom stereocenters. The van der Waals surface area contributed by atoms with E-state index < -0.39 is 12.0 Å². The molecule has 2 rings (SSSR count). The van der Waals surface area contributed by atoms with Crippen molar-refractivity contribution in [2.45, 2.75) is 19.9 Å². The number of hydrogen-bond donors (Lipinski definition) is 2. The number of nitrogens with one attached hydrogen (secondary N) is 1. The van der Waals surface area contributed by atoms with Crippen LogP contribution in [-0.2, 0) is 4.79 Å². The van der Waals surface area contributed by atoms with E-state index >= 15 is 0 Å². The molecule has 0 bridgehead atoms. The Balaban J connectivity index is 2.34. The largest absolute Gasteiger partial charge is 0.480 e. The molecule has 0 saturated carbocycles. The molecular weight excluding hydrogens is 258 g/mol. The average Bonchev–Trinajstić information content (AvgIpc) is 2.40. The van der Waals surface area contributed by atoms with Crippen molar-refractivity contribution in [3.63, 3.8) is 0 Å². The van der Waals surface area contributed by atoms with Gasteiger partial charge in [-0.3, -0.25) is 9.59 Å². The van der Waals surface area contributed by atoms with Gasteiger partial charge in [0.15, 0.2) is 5.78 Å². The van der Waals surface area contributed by atoms with Gasteiger partial charge < -0.3 is 10.4 Å². The highest BCUT2D eigenvalue weighted by Gasteiger charge is 2.29. The lowest BCUT2D eigenvalue weighted by molar-refractivity contribution is -0.140. The van der Waals surface area contributed by atoms with Crippen LogP contribution in [0.25, 0.3) is 0 Å². The molecule has 0 radical (unpaired) electrons. The highest BCUT2D eigenvalue weighted by Crippen LogP contribution is 2.20. The van der Waals surface area contributed by atoms with Gasteiger partial charge in [-0.2, -0.15) is 0 Å². The van der Waals surface area contributed by atoms with Crippen molar-refractivity contribution in [3.8, 4) is 0 Å². The third-order valence-corrected chi connectivity index (χ3v) is 3.20. The summed E-state index contributed by atoms with van der Waals surface area (Å²) in [6.07, 6.45) is 1.17. The van der Waals surface area contributed by atoms with Gasteiger partial charge in [0.25, 0.3) is 0 Å². The first-order valence-electron chi connectivity index (χ1n) is 6.31. The molecule has 0 aromatic heterocycles. The molecule has 20 heavy (non-hydrogen) atoms. The van der Waals surface area contributed by atoms with Crippen molar-refractivity contribution in [1.29, 1.82) is 0 Å². The predicted octanol–water partition coefficient (Wildman–Crippen LogP) is 1.65. The summed E-state index contributed by atoms with van der Waals surface area (Å²) in [7, 11) is 0. The van der Waals surface area contributed by atoms with Gasteiger partial charge in [0.1, 0.15) is 6.04 Å². The van der Waals surface area contributed by atoms with Crippen LogP contribution >= 0.6 is 0 Å². The standard InChI is InChI=1S/C15H15NO4/c1-8(2)13(15(19)20)16-11-7-12(17)9-5-3-4-6-10(9)14(11)18/h3-8,13,16H,1-2H3,(H,19,20)/t13-/m0/s1. The Morgan fingerprint density at radius 1 is 1.15 bits per heavy atom. The second-order valence-electron chi connectivity index (χ2n) is 5.00. The summed E-state index contributed by atoms with van der Waals surface area (Å²) >= 11 is 0. The van der Waals surface area contributed by atoms with Gasteiger partial charge in [-0.05, 0) is 5.92 Å². The lowest BCUT2D eigenvalue weighted by Gasteiger charge is -2.23. The van der Waals surface area contributed by atoms with E-state index in [1.807, 2.05) is 0 Å². The highest BCUT2D eigenvalue weighted by atomic mass is 16.4. The van der Waals surface area contributed by atoms with E-state index in [2.05, 4.69) is 5.32 Å². The van der Waals surface area contributed by atoms with Gasteiger partial charge in [-0.15, -0.1) is 0 Å². The lowest BCUT2D eigenvalue weighted by Crippen LogP contribution is -2.43. The van der Waals surface area contributed by atoms with Crippen molar-refractivity contribution in [1.82, 2.24) is 5.32 Å². The fourth-order valence-electron chi connectivity index (χ4n) is 2.10. The third-order valence-electron chi connectivity index (χ3n) is 3.20. The predicted molar refractivity (Wildman–Crippen MR) is 72.6 cm³/mol. The number of rotatable bonds is 4. The van der Waals surface area contributed by atoms with Crippen molar-refractivity contribution in [2.24, 2.45) is 5.92 Å². The number of hydrogen-bond acceptors (Lipinski definition) is 4. The maximum atomic E-state index is 12.3. The minimum Gasteiger partial charge on any atom is -0.480 e. The molecule has 1 atom stereocenters. The number of fused-ring (bicyclic) bond motifs is 1. The number of aliphatic carboxylic acids is 1. The Labute approximate surface area is 116 Å². The molecule has 0 heterocycles. The summed E-state index contributed by atoms with van der Waals surface area (Å²) in [5.74, 6) is -1.92. The summed E-state index contributed by atoms with van der Waals surface area (Å²) in [5.41, 5.74) is 0.685. The van der Waals surface area contributed by atoms with E-state index in [-0.39, 0.29) is 23.2 Å². The first-order valence-corrected chi connectivity index (χ1v) is 6.31. The van der Waals surface area contributed by atoms with Gasteiger partial charge in [0, 0.05) is 17.2 Å². The number of Topliss-reactive ketones (excluding diaryl/α,β-unsaturated/α-hetero) is 1. The molecule has 0 amide bonds. The third kappa shape index (κ3) is 2.47. The van der Waals surface area contributed by atoms with Gasteiger partial charge in [0.2, 0.25) is 5.78 Å². The fourth-order valence-corrected chi connectivity index (χ4v) is 2.10. The summed E-state index contributed by atoms with van der Waals surface area (Å²) in [4.78, 5) is 35.4. The average molecular weight is 273 g/mol. The zero-order valence-corrected chi connectivity index (χ0v) is 11.2. The summed E-state index contributed by atoms with van der Waals surface area (Å²) in [5, 5.41) is 11.8. The maximum Gasteiger partial charge on any atom is 0.326 e. The lowest BCUT2D eigenvalue weighted by atomic mass is 9.92. The molecule has 0 fully saturated rings. The molecule has 0 spiro atoms. The SMILES string of the molecule is CC(C)[C@H](NC1=CC(=O)c2ccccc2C1=O)C(=O)O. The Hall–Kier alpha value is -2.43. The molecule has 0 saturated heterocycles. The van der Waals surface area contributed by atoms with Crippen LogP contribution in [0, 0.1) is 5.92 Å². The molecule has 1 aliphatic carbocycles. The van der Waals surface area contributed by atoms with Crippen LogP contribution in [0.1, 0.15) is 34.6 Å². The van der Waals surface area contributed by atoms with Crippen LogP contribution in [0.3, 0.4) is 0 Å². The number of ketones is 2. The zero-order chi connectivity index (χ0) is 14.9. The second-order valence-corrected chi connectivity index (χ2v) is 5.00. The Bertz CT molecular complexity index is 616. The maximum absolute atomic E-state index is 12.3. The second kappa shape index (κ2) is 5.28. The number of benzene rings is 1. The molecular formula is C15H15NO4. The zero-order valence-electron chi connectivity index (χ0n) is 11.2. The van der Waals surface area contributed by atoms with E-state index in [4.69, 9.17) is 5.11 Å². The molecule has 0 aliphatic heterocycles. The molecule has 5 heteroatoms. The van der Waals surface area contributed by atoms with Crippen molar-refractivity contribution in [3.05, 3.63) is 47.2 Å².